The van der Waals surface area contributed by atoms with Crippen LogP contribution in [0.15, 0.2) is 82.7 Å². The molecule has 0 aromatic heterocycles. The molecule has 2 nitrogen and oxygen atoms in total. The zero-order chi connectivity index (χ0) is 16.5. The summed E-state index contributed by atoms with van der Waals surface area (Å²) in [6.45, 7) is 2.96. The van der Waals surface area contributed by atoms with Crippen molar-refractivity contribution in [2.45, 2.75) is 11.8 Å². The first kappa shape index (κ1) is 15.0. The van der Waals surface area contributed by atoms with Gasteiger partial charge in [0.25, 0.3) is 0 Å². The molecule has 1 aliphatic heterocycles. The molecule has 24 heavy (non-hydrogen) atoms. The van der Waals surface area contributed by atoms with E-state index < -0.39 is 0 Å². The number of anilines is 1. The summed E-state index contributed by atoms with van der Waals surface area (Å²) in [5.41, 5.74) is 1.91. The van der Waals surface area contributed by atoms with Crippen molar-refractivity contribution >= 4 is 34.0 Å². The summed E-state index contributed by atoms with van der Waals surface area (Å²) in [5, 5.41) is 3.47. The summed E-state index contributed by atoms with van der Waals surface area (Å²) in [5.74, 6) is 0.0497. The molecule has 0 aliphatic carbocycles. The van der Waals surface area contributed by atoms with Gasteiger partial charge in [0.15, 0.2) is 5.78 Å². The fraction of sp³-hybridized carbons (Fsp3) is 0.0952. The highest BCUT2D eigenvalue weighted by molar-refractivity contribution is 8.04. The number of ketones is 1. The molecule has 0 bridgehead atoms. The van der Waals surface area contributed by atoms with Crippen molar-refractivity contribution in [3.05, 3.63) is 83.4 Å². The van der Waals surface area contributed by atoms with E-state index in [2.05, 4.69) is 48.2 Å². The van der Waals surface area contributed by atoms with Gasteiger partial charge in [-0.05, 0) is 23.8 Å². The Balaban J connectivity index is 1.77. The van der Waals surface area contributed by atoms with Gasteiger partial charge in [-0.2, -0.15) is 0 Å². The van der Waals surface area contributed by atoms with Crippen LogP contribution in [-0.2, 0) is 0 Å². The van der Waals surface area contributed by atoms with Crippen molar-refractivity contribution in [3.8, 4) is 0 Å². The molecule has 0 atom stereocenters. The van der Waals surface area contributed by atoms with Crippen LogP contribution >= 0.6 is 11.8 Å². The molecular formula is C21H17NOS. The standard InChI is InChI=1S/C21H17NOS/c1-2-22-18-13-12-15-8-6-7-11-17(15)21(18)24-20(22)14-19(23)16-9-4-3-5-10-16/h3-14H,2H2,1H3/b20-14+. The largest absolute Gasteiger partial charge is 0.335 e. The van der Waals surface area contributed by atoms with Gasteiger partial charge >= 0.3 is 0 Å². The van der Waals surface area contributed by atoms with E-state index in [1.807, 2.05) is 30.3 Å². The quantitative estimate of drug-likeness (QED) is 0.467. The van der Waals surface area contributed by atoms with Gasteiger partial charge in [-0.3, -0.25) is 4.79 Å². The molecule has 3 aromatic carbocycles. The summed E-state index contributed by atoms with van der Waals surface area (Å²) in [6.07, 6.45) is 1.76. The minimum absolute atomic E-state index is 0.0497. The zero-order valence-electron chi connectivity index (χ0n) is 13.4. The monoisotopic (exact) mass is 331 g/mol. The van der Waals surface area contributed by atoms with Crippen LogP contribution in [-0.4, -0.2) is 12.3 Å². The maximum Gasteiger partial charge on any atom is 0.188 e. The molecule has 4 rings (SSSR count). The average molecular weight is 331 g/mol. The molecule has 0 spiro atoms. The minimum Gasteiger partial charge on any atom is -0.335 e. The Labute approximate surface area is 145 Å². The highest BCUT2D eigenvalue weighted by Gasteiger charge is 2.26. The lowest BCUT2D eigenvalue weighted by molar-refractivity contribution is 0.104. The lowest BCUT2D eigenvalue weighted by Gasteiger charge is -2.18. The normalized spacial score (nSPS) is 15.0. The number of carbonyl (C=O) groups is 1. The molecular weight excluding hydrogens is 314 g/mol. The summed E-state index contributed by atoms with van der Waals surface area (Å²) in [6, 6.07) is 22.1. The van der Waals surface area contributed by atoms with E-state index >= 15 is 0 Å². The fourth-order valence-corrected chi connectivity index (χ4v) is 4.35. The van der Waals surface area contributed by atoms with Crippen LogP contribution in [0.2, 0.25) is 0 Å². The predicted octanol–water partition coefficient (Wildman–Crippen LogP) is 5.50. The molecule has 3 aromatic rings. The Morgan fingerprint density at radius 3 is 2.54 bits per heavy atom. The molecule has 0 saturated heterocycles. The number of fused-ring (bicyclic) bond motifs is 3. The van der Waals surface area contributed by atoms with Crippen molar-refractivity contribution in [2.75, 3.05) is 11.4 Å². The molecule has 0 N–H and O–H groups in total. The van der Waals surface area contributed by atoms with E-state index in [1.165, 1.54) is 21.4 Å². The molecule has 1 aliphatic rings. The maximum absolute atomic E-state index is 12.6. The Morgan fingerprint density at radius 1 is 1.00 bits per heavy atom. The number of carbonyl (C=O) groups excluding carboxylic acids is 1. The number of allylic oxidation sites excluding steroid dienone is 1. The first-order valence-corrected chi connectivity index (χ1v) is 8.88. The van der Waals surface area contributed by atoms with E-state index in [1.54, 1.807) is 17.8 Å². The molecule has 0 amide bonds. The number of hydrogen-bond donors (Lipinski definition) is 0. The number of rotatable bonds is 3. The predicted molar refractivity (Wildman–Crippen MR) is 102 cm³/mol. The Kier molecular flexibility index (Phi) is 3.87. The lowest BCUT2D eigenvalue weighted by Crippen LogP contribution is -2.17. The van der Waals surface area contributed by atoms with Gasteiger partial charge in [0.1, 0.15) is 0 Å². The second-order valence-electron chi connectivity index (χ2n) is 5.69. The van der Waals surface area contributed by atoms with E-state index in [-0.39, 0.29) is 5.78 Å². The third-order valence-corrected chi connectivity index (χ3v) is 5.43. The SMILES string of the molecule is CCN1/C(=C\C(=O)c2ccccc2)Sc2c1ccc1ccccc21. The van der Waals surface area contributed by atoms with Crippen LogP contribution in [0.5, 0.6) is 0 Å². The van der Waals surface area contributed by atoms with Crippen molar-refractivity contribution in [1.82, 2.24) is 0 Å². The Bertz CT molecular complexity index is 946. The van der Waals surface area contributed by atoms with Crippen molar-refractivity contribution in [1.29, 1.82) is 0 Å². The second kappa shape index (κ2) is 6.17. The van der Waals surface area contributed by atoms with E-state index in [4.69, 9.17) is 0 Å². The summed E-state index contributed by atoms with van der Waals surface area (Å²) in [4.78, 5) is 16.0. The van der Waals surface area contributed by atoms with Gasteiger partial charge in [-0.1, -0.05) is 72.4 Å². The molecule has 118 valence electrons. The van der Waals surface area contributed by atoms with Crippen LogP contribution < -0.4 is 4.90 Å². The van der Waals surface area contributed by atoms with Crippen molar-refractivity contribution in [2.24, 2.45) is 0 Å². The number of hydrogen-bond acceptors (Lipinski definition) is 3. The number of nitrogens with zero attached hydrogens (tertiary/aromatic N) is 1. The summed E-state index contributed by atoms with van der Waals surface area (Å²) >= 11 is 1.69. The molecule has 0 fully saturated rings. The van der Waals surface area contributed by atoms with Crippen LogP contribution in [0, 0.1) is 0 Å². The zero-order valence-corrected chi connectivity index (χ0v) is 14.2. The first-order valence-electron chi connectivity index (χ1n) is 8.06. The number of thioether (sulfide) groups is 1. The van der Waals surface area contributed by atoms with Gasteiger partial charge in [-0.15, -0.1) is 0 Å². The van der Waals surface area contributed by atoms with Crippen molar-refractivity contribution < 1.29 is 4.79 Å². The number of benzene rings is 3. The Hall–Kier alpha value is -2.52. The molecule has 3 heteroatoms. The smallest absolute Gasteiger partial charge is 0.188 e. The molecule has 1 heterocycles. The Morgan fingerprint density at radius 2 is 1.75 bits per heavy atom. The average Bonchev–Trinajstić information content (AvgIpc) is 3.00. The molecule has 0 radical (unpaired) electrons. The summed E-state index contributed by atoms with van der Waals surface area (Å²) < 4.78 is 0. The third-order valence-electron chi connectivity index (χ3n) is 4.25. The van der Waals surface area contributed by atoms with Crippen LogP contribution in [0.3, 0.4) is 0 Å². The van der Waals surface area contributed by atoms with Crippen molar-refractivity contribution in [3.63, 3.8) is 0 Å². The topological polar surface area (TPSA) is 20.3 Å². The van der Waals surface area contributed by atoms with Gasteiger partial charge in [0.05, 0.1) is 10.7 Å². The van der Waals surface area contributed by atoms with Gasteiger partial charge in [-0.25, -0.2) is 0 Å². The first-order chi connectivity index (χ1) is 11.8. The van der Waals surface area contributed by atoms with Gasteiger partial charge in [0.2, 0.25) is 0 Å². The van der Waals surface area contributed by atoms with E-state index in [0.717, 1.165) is 17.1 Å². The van der Waals surface area contributed by atoms with Crippen LogP contribution in [0.4, 0.5) is 5.69 Å². The fourth-order valence-electron chi connectivity index (χ4n) is 3.06. The summed E-state index contributed by atoms with van der Waals surface area (Å²) in [7, 11) is 0. The molecule has 0 unspecified atom stereocenters. The minimum atomic E-state index is 0.0497. The highest BCUT2D eigenvalue weighted by Crippen LogP contribution is 2.49. The van der Waals surface area contributed by atoms with Gasteiger partial charge in [0, 0.05) is 23.1 Å². The lowest BCUT2D eigenvalue weighted by atomic mass is 10.1. The van der Waals surface area contributed by atoms with Gasteiger partial charge < -0.3 is 4.90 Å². The second-order valence-corrected chi connectivity index (χ2v) is 6.72. The van der Waals surface area contributed by atoms with Crippen LogP contribution in [0.25, 0.3) is 10.8 Å². The third kappa shape index (κ3) is 2.51. The molecule has 0 saturated carbocycles. The van der Waals surface area contributed by atoms with Crippen LogP contribution in [0.1, 0.15) is 17.3 Å². The highest BCUT2D eigenvalue weighted by atomic mass is 32.2. The van der Waals surface area contributed by atoms with E-state index in [9.17, 15) is 4.79 Å². The maximum atomic E-state index is 12.6. The van der Waals surface area contributed by atoms with E-state index in [0.29, 0.717) is 0 Å².